The molecule has 1 heterocycles. The average molecular weight is 502 g/mol. The first-order valence-electron chi connectivity index (χ1n) is 11.7. The van der Waals surface area contributed by atoms with Gasteiger partial charge in [0.15, 0.2) is 0 Å². The van der Waals surface area contributed by atoms with Gasteiger partial charge in [0.2, 0.25) is 0 Å². The minimum absolute atomic E-state index is 0. The Morgan fingerprint density at radius 1 is 1.18 bits per heavy atom. The van der Waals surface area contributed by atoms with Crippen molar-refractivity contribution in [3.63, 3.8) is 0 Å². The number of halogens is 1. The Morgan fingerprint density at radius 2 is 1.94 bits per heavy atom. The third-order valence-corrected chi connectivity index (χ3v) is 7.03. The van der Waals surface area contributed by atoms with Crippen LogP contribution in [0.4, 0.5) is 5.69 Å². The molecular weight excluding hydrogens is 470 g/mol. The molecule has 34 heavy (non-hydrogen) atoms. The second-order valence-corrected chi connectivity index (χ2v) is 9.62. The van der Waals surface area contributed by atoms with E-state index in [0.29, 0.717) is 18.6 Å². The fourth-order valence-electron chi connectivity index (χ4n) is 4.35. The van der Waals surface area contributed by atoms with Gasteiger partial charge in [-0.2, -0.15) is 16.9 Å². The summed E-state index contributed by atoms with van der Waals surface area (Å²) in [6.07, 6.45) is 5.27. The number of hydrogen-bond acceptors (Lipinski definition) is 6. The first kappa shape index (κ1) is 26.1. The van der Waals surface area contributed by atoms with Crippen molar-refractivity contribution in [3.05, 3.63) is 64.7 Å². The Hall–Kier alpha value is -2.51. The SMILES string of the molecule is CCOC(=O)CC1CCCc2ccc(NC(=O)c3ccc(C=NN4CCSCC4)cc3)cc21.Cl. The number of carbonyl (C=O) groups is 2. The van der Waals surface area contributed by atoms with Gasteiger partial charge in [-0.3, -0.25) is 14.6 Å². The molecule has 0 aromatic heterocycles. The van der Waals surface area contributed by atoms with E-state index in [-0.39, 0.29) is 30.2 Å². The molecule has 1 fully saturated rings. The van der Waals surface area contributed by atoms with Crippen LogP contribution in [0, 0.1) is 0 Å². The fraction of sp³-hybridized carbons (Fsp3) is 0.423. The van der Waals surface area contributed by atoms with Gasteiger partial charge in [0.25, 0.3) is 5.91 Å². The van der Waals surface area contributed by atoms with Gasteiger partial charge < -0.3 is 10.1 Å². The van der Waals surface area contributed by atoms with Gasteiger partial charge >= 0.3 is 5.97 Å². The van der Waals surface area contributed by atoms with Gasteiger partial charge in [-0.15, -0.1) is 12.4 Å². The Bertz CT molecular complexity index is 1010. The zero-order chi connectivity index (χ0) is 23.0. The lowest BCUT2D eigenvalue weighted by molar-refractivity contribution is -0.143. The van der Waals surface area contributed by atoms with Crippen LogP contribution in [0.2, 0.25) is 0 Å². The van der Waals surface area contributed by atoms with Gasteiger partial charge in [0.1, 0.15) is 0 Å². The third-order valence-electron chi connectivity index (χ3n) is 6.09. The third kappa shape index (κ3) is 7.00. The standard InChI is InChI=1S/C26H31N3O3S.ClH/c1-2-32-25(30)16-22-5-3-4-20-10-11-23(17-24(20)22)28-26(31)21-8-6-19(7-9-21)18-27-29-12-14-33-15-13-29;/h6-11,17-18,22H,2-5,12-16H2,1H3,(H,28,31);1H. The van der Waals surface area contributed by atoms with Crippen molar-refractivity contribution in [2.75, 3.05) is 36.5 Å². The van der Waals surface area contributed by atoms with Gasteiger partial charge in [-0.25, -0.2) is 0 Å². The number of hydrogen-bond donors (Lipinski definition) is 1. The molecule has 6 nitrogen and oxygen atoms in total. The molecule has 0 bridgehead atoms. The summed E-state index contributed by atoms with van der Waals surface area (Å²) in [4.78, 5) is 24.8. The van der Waals surface area contributed by atoms with Crippen LogP contribution in [0.25, 0.3) is 0 Å². The second kappa shape index (κ2) is 12.8. The molecule has 0 spiro atoms. The highest BCUT2D eigenvalue weighted by Gasteiger charge is 2.24. The molecule has 1 unspecified atom stereocenters. The number of benzene rings is 2. The van der Waals surface area contributed by atoms with E-state index in [1.165, 1.54) is 5.56 Å². The average Bonchev–Trinajstić information content (AvgIpc) is 2.84. The molecule has 1 aliphatic carbocycles. The molecule has 4 rings (SSSR count). The number of esters is 1. The molecule has 182 valence electrons. The van der Waals surface area contributed by atoms with E-state index in [4.69, 9.17) is 4.74 Å². The molecule has 2 aromatic rings. The van der Waals surface area contributed by atoms with Crippen molar-refractivity contribution >= 4 is 47.9 Å². The summed E-state index contributed by atoms with van der Waals surface area (Å²) in [5, 5.41) is 9.63. The number of nitrogens with zero attached hydrogens (tertiary/aromatic N) is 2. The summed E-state index contributed by atoms with van der Waals surface area (Å²) in [6.45, 7) is 4.18. The van der Waals surface area contributed by atoms with Gasteiger partial charge in [-0.05, 0) is 73.1 Å². The number of aryl methyl sites for hydroxylation is 1. The van der Waals surface area contributed by atoms with Gasteiger partial charge in [0.05, 0.1) is 19.2 Å². The topological polar surface area (TPSA) is 71.0 Å². The van der Waals surface area contributed by atoms with Crippen LogP contribution in [0.5, 0.6) is 0 Å². The number of thioether (sulfide) groups is 1. The molecule has 0 radical (unpaired) electrons. The Balaban J connectivity index is 0.00000324. The largest absolute Gasteiger partial charge is 0.466 e. The number of fused-ring (bicyclic) bond motifs is 1. The Morgan fingerprint density at radius 3 is 2.68 bits per heavy atom. The van der Waals surface area contributed by atoms with E-state index < -0.39 is 0 Å². The first-order valence-corrected chi connectivity index (χ1v) is 12.8. The highest BCUT2D eigenvalue weighted by atomic mass is 35.5. The molecule has 0 saturated carbocycles. The lowest BCUT2D eigenvalue weighted by Crippen LogP contribution is -2.27. The number of rotatable bonds is 7. The lowest BCUT2D eigenvalue weighted by atomic mass is 9.81. The normalized spacial score (nSPS) is 17.6. The molecule has 1 amide bonds. The number of hydrazone groups is 1. The van der Waals surface area contributed by atoms with Gasteiger partial charge in [0, 0.05) is 35.8 Å². The monoisotopic (exact) mass is 501 g/mol. The second-order valence-electron chi connectivity index (χ2n) is 8.40. The van der Waals surface area contributed by atoms with Crippen molar-refractivity contribution in [2.45, 2.75) is 38.5 Å². The van der Waals surface area contributed by atoms with E-state index in [1.54, 1.807) is 0 Å². The molecule has 8 heteroatoms. The van der Waals surface area contributed by atoms with E-state index in [2.05, 4.69) is 21.5 Å². The molecule has 2 aliphatic rings. The maximum atomic E-state index is 12.8. The summed E-state index contributed by atoms with van der Waals surface area (Å²) < 4.78 is 5.15. The van der Waals surface area contributed by atoms with Crippen LogP contribution in [-0.2, 0) is 16.0 Å². The molecule has 1 atom stereocenters. The smallest absolute Gasteiger partial charge is 0.306 e. The predicted octanol–water partition coefficient (Wildman–Crippen LogP) is 5.12. The van der Waals surface area contributed by atoms with E-state index in [9.17, 15) is 9.59 Å². The first-order chi connectivity index (χ1) is 16.1. The molecule has 1 N–H and O–H groups in total. The number of anilines is 1. The van der Waals surface area contributed by atoms with E-state index in [1.807, 2.05) is 61.3 Å². The summed E-state index contributed by atoms with van der Waals surface area (Å²) >= 11 is 1.96. The fourth-order valence-corrected chi connectivity index (χ4v) is 5.23. The van der Waals surface area contributed by atoms with Gasteiger partial charge in [-0.1, -0.05) is 18.2 Å². The predicted molar refractivity (Wildman–Crippen MR) is 142 cm³/mol. The number of ether oxygens (including phenoxy) is 1. The number of nitrogens with one attached hydrogen (secondary N) is 1. The number of carbonyl (C=O) groups excluding carboxylic acids is 2. The quantitative estimate of drug-likeness (QED) is 0.421. The van der Waals surface area contributed by atoms with Crippen LogP contribution < -0.4 is 5.32 Å². The van der Waals surface area contributed by atoms with Crippen molar-refractivity contribution < 1.29 is 14.3 Å². The van der Waals surface area contributed by atoms with Crippen molar-refractivity contribution in [1.29, 1.82) is 0 Å². The molecule has 1 aliphatic heterocycles. The van der Waals surface area contributed by atoms with E-state index in [0.717, 1.165) is 60.7 Å². The zero-order valence-corrected chi connectivity index (χ0v) is 21.1. The summed E-state index contributed by atoms with van der Waals surface area (Å²) in [7, 11) is 0. The molecule has 2 aromatic carbocycles. The Kier molecular flexibility index (Phi) is 9.84. The zero-order valence-electron chi connectivity index (χ0n) is 19.5. The van der Waals surface area contributed by atoms with Crippen LogP contribution in [0.3, 0.4) is 0 Å². The highest BCUT2D eigenvalue weighted by Crippen LogP contribution is 2.36. The van der Waals surface area contributed by atoms with Crippen molar-refractivity contribution in [3.8, 4) is 0 Å². The minimum Gasteiger partial charge on any atom is -0.466 e. The highest BCUT2D eigenvalue weighted by molar-refractivity contribution is 7.99. The summed E-state index contributed by atoms with van der Waals surface area (Å²) in [6, 6.07) is 13.5. The maximum absolute atomic E-state index is 12.8. The Labute approximate surface area is 211 Å². The van der Waals surface area contributed by atoms with Crippen LogP contribution in [0.15, 0.2) is 47.6 Å². The van der Waals surface area contributed by atoms with Crippen LogP contribution in [0.1, 0.15) is 59.2 Å². The molecule has 1 saturated heterocycles. The lowest BCUT2D eigenvalue weighted by Gasteiger charge is -2.25. The van der Waals surface area contributed by atoms with Crippen molar-refractivity contribution in [2.24, 2.45) is 5.10 Å². The summed E-state index contributed by atoms with van der Waals surface area (Å²) in [5.41, 5.74) is 4.73. The van der Waals surface area contributed by atoms with Crippen LogP contribution in [-0.4, -0.2) is 54.3 Å². The minimum atomic E-state index is -0.160. The van der Waals surface area contributed by atoms with Crippen molar-refractivity contribution in [1.82, 2.24) is 5.01 Å². The molecular formula is C26H32ClN3O3S. The van der Waals surface area contributed by atoms with Crippen LogP contribution >= 0.6 is 24.2 Å². The van der Waals surface area contributed by atoms with E-state index >= 15 is 0 Å². The summed E-state index contributed by atoms with van der Waals surface area (Å²) in [5.74, 6) is 2.06. The maximum Gasteiger partial charge on any atom is 0.306 e. The number of amides is 1.